The van der Waals surface area contributed by atoms with Gasteiger partial charge in [0.1, 0.15) is 5.60 Å². The molecule has 3 atom stereocenters. The summed E-state index contributed by atoms with van der Waals surface area (Å²) in [5.74, 6) is -4.58. The van der Waals surface area contributed by atoms with E-state index >= 15 is 0 Å². The van der Waals surface area contributed by atoms with Crippen LogP contribution in [0.2, 0.25) is 0 Å². The Morgan fingerprint density at radius 2 is 1.85 bits per heavy atom. The third-order valence-electron chi connectivity index (χ3n) is 1.89. The highest BCUT2D eigenvalue weighted by Gasteiger charge is 2.42. The van der Waals surface area contributed by atoms with Crippen molar-refractivity contribution in [3.63, 3.8) is 0 Å². The molecular weight excluding hydrogens is 289 g/mol. The molecule has 0 radical (unpaired) electrons. The fourth-order valence-corrected chi connectivity index (χ4v) is 1.58. The molecule has 6 N–H and O–H groups in total. The minimum Gasteiger partial charge on any atom is -0.455 e. The number of carbonyl (C=O) groups is 3. The lowest BCUT2D eigenvalue weighted by molar-refractivity contribution is -0.156. The van der Waals surface area contributed by atoms with Gasteiger partial charge in [0.05, 0.1) is 12.5 Å². The van der Waals surface area contributed by atoms with Crippen LogP contribution in [0.3, 0.4) is 0 Å². The van der Waals surface area contributed by atoms with Crippen LogP contribution in [0.5, 0.6) is 0 Å². The highest BCUT2D eigenvalue weighted by Crippen LogP contribution is 2.23. The van der Waals surface area contributed by atoms with Crippen LogP contribution >= 0.6 is 8.03 Å². The Balaban J connectivity index is 4.79. The minimum absolute atomic E-state index is 0.449. The van der Waals surface area contributed by atoms with Gasteiger partial charge in [0, 0.05) is 0 Å². The molecule has 0 fully saturated rings. The monoisotopic (exact) mass is 308 g/mol. The van der Waals surface area contributed by atoms with E-state index in [9.17, 15) is 18.9 Å². The lowest BCUT2D eigenvalue weighted by atomic mass is 10.2. The Labute approximate surface area is 116 Å². The van der Waals surface area contributed by atoms with Crippen LogP contribution in [0.4, 0.5) is 0 Å². The number of hydrogen-bond donors (Lipinski definition) is 4. The van der Waals surface area contributed by atoms with Crippen LogP contribution in [0, 0.1) is 0 Å². The summed E-state index contributed by atoms with van der Waals surface area (Å²) in [5.41, 5.74) is 9.33. The average Bonchev–Trinajstić information content (AvgIpc) is 2.21. The quantitative estimate of drug-likeness (QED) is 0.350. The molecule has 0 aliphatic carbocycles. The number of hydrogen-bond acceptors (Lipinski definition) is 6. The summed E-state index contributed by atoms with van der Waals surface area (Å²) in [4.78, 5) is 42.9. The van der Waals surface area contributed by atoms with Gasteiger partial charge in [-0.1, -0.05) is 0 Å². The standard InChI is InChI=1S/C10H18N3O6P/c1-10(2,3)19-9(16)8(20(17)18)13-7(15)5(11)4-6(12)14/h5,8H,4,11H2,1-3H3,(H3-,12,13,14,15,17,18)/p+1/t5-,8?/m0/s1. The first-order valence-electron chi connectivity index (χ1n) is 5.66. The molecule has 114 valence electrons. The van der Waals surface area contributed by atoms with Gasteiger partial charge in [-0.15, -0.1) is 0 Å². The molecule has 0 aromatic rings. The first-order valence-corrected chi connectivity index (χ1v) is 6.94. The SMILES string of the molecule is CC(C)(C)OC(=O)C(NC(=O)[C@@H](N)CC(N)=O)[P+](=O)O. The van der Waals surface area contributed by atoms with Crippen LogP contribution in [0.1, 0.15) is 27.2 Å². The van der Waals surface area contributed by atoms with E-state index in [1.54, 1.807) is 20.8 Å². The van der Waals surface area contributed by atoms with Crippen molar-refractivity contribution in [2.75, 3.05) is 0 Å². The smallest absolute Gasteiger partial charge is 0.455 e. The molecule has 2 amide bonds. The molecule has 0 spiro atoms. The van der Waals surface area contributed by atoms with Crippen LogP contribution in [0.25, 0.3) is 0 Å². The van der Waals surface area contributed by atoms with Gasteiger partial charge in [-0.25, -0.2) is 4.79 Å². The minimum atomic E-state index is -3.06. The number of amides is 2. The van der Waals surface area contributed by atoms with E-state index in [1.807, 2.05) is 5.32 Å². The summed E-state index contributed by atoms with van der Waals surface area (Å²) in [6.45, 7) is 4.69. The maximum absolute atomic E-state index is 11.7. The summed E-state index contributed by atoms with van der Waals surface area (Å²) >= 11 is 0. The second kappa shape index (κ2) is 7.28. The van der Waals surface area contributed by atoms with Gasteiger partial charge in [-0.05, 0) is 25.3 Å². The number of nitrogens with two attached hydrogens (primary N) is 2. The van der Waals surface area contributed by atoms with Crippen molar-refractivity contribution in [3.8, 4) is 0 Å². The summed E-state index contributed by atoms with van der Waals surface area (Å²) in [7, 11) is -3.06. The predicted molar refractivity (Wildman–Crippen MR) is 69.4 cm³/mol. The number of esters is 1. The molecular formula is C10H19N3O6P+. The normalized spacial score (nSPS) is 14.9. The third-order valence-corrected chi connectivity index (χ3v) is 2.67. The van der Waals surface area contributed by atoms with Crippen LogP contribution in [-0.2, 0) is 23.7 Å². The lowest BCUT2D eigenvalue weighted by Gasteiger charge is -2.20. The first kappa shape index (κ1) is 18.4. The van der Waals surface area contributed by atoms with Crippen LogP contribution in [0.15, 0.2) is 0 Å². The topological polar surface area (TPSA) is 162 Å². The van der Waals surface area contributed by atoms with E-state index in [0.29, 0.717) is 0 Å². The number of rotatable bonds is 6. The van der Waals surface area contributed by atoms with Crippen molar-refractivity contribution < 1.29 is 28.6 Å². The van der Waals surface area contributed by atoms with Gasteiger partial charge in [0.25, 0.3) is 0 Å². The number of ether oxygens (including phenoxy) is 1. The lowest BCUT2D eigenvalue weighted by Crippen LogP contribution is -2.49. The van der Waals surface area contributed by atoms with E-state index in [1.165, 1.54) is 0 Å². The number of primary amides is 1. The Morgan fingerprint density at radius 3 is 2.20 bits per heavy atom. The van der Waals surface area contributed by atoms with Crippen LogP contribution in [-0.4, -0.2) is 40.1 Å². The van der Waals surface area contributed by atoms with Gasteiger partial charge < -0.3 is 16.2 Å². The van der Waals surface area contributed by atoms with Gasteiger partial charge in [0.2, 0.25) is 11.8 Å². The van der Waals surface area contributed by atoms with Crippen molar-refractivity contribution in [1.29, 1.82) is 0 Å². The second-order valence-electron chi connectivity index (χ2n) is 5.02. The molecule has 0 aliphatic heterocycles. The first-order chi connectivity index (χ1) is 8.94. The van der Waals surface area contributed by atoms with Crippen molar-refractivity contribution >= 4 is 25.8 Å². The molecule has 0 aromatic heterocycles. The highest BCUT2D eigenvalue weighted by molar-refractivity contribution is 7.40. The summed E-state index contributed by atoms with van der Waals surface area (Å²) < 4.78 is 16.0. The molecule has 0 aromatic carbocycles. The molecule has 0 saturated heterocycles. The van der Waals surface area contributed by atoms with Gasteiger partial charge in [-0.3, -0.25) is 14.9 Å². The molecule has 20 heavy (non-hydrogen) atoms. The molecule has 0 saturated carbocycles. The molecule has 9 nitrogen and oxygen atoms in total. The Bertz CT molecular complexity index is 420. The van der Waals surface area contributed by atoms with Gasteiger partial charge in [-0.2, -0.15) is 4.89 Å². The van der Waals surface area contributed by atoms with Gasteiger partial charge >= 0.3 is 19.8 Å². The molecule has 0 heterocycles. The Kier molecular flexibility index (Phi) is 6.70. The zero-order valence-corrected chi connectivity index (χ0v) is 12.3. The van der Waals surface area contributed by atoms with E-state index in [4.69, 9.17) is 21.1 Å². The van der Waals surface area contributed by atoms with Gasteiger partial charge in [0.15, 0.2) is 0 Å². The number of nitrogens with one attached hydrogen (secondary N) is 1. The predicted octanol–water partition coefficient (Wildman–Crippen LogP) is -1.29. The zero-order valence-electron chi connectivity index (χ0n) is 11.5. The Morgan fingerprint density at radius 1 is 1.35 bits per heavy atom. The van der Waals surface area contributed by atoms with E-state index < -0.39 is 49.7 Å². The van der Waals surface area contributed by atoms with Crippen LogP contribution < -0.4 is 16.8 Å². The molecule has 0 rings (SSSR count). The number of carbonyl (C=O) groups excluding carboxylic acids is 3. The average molecular weight is 308 g/mol. The largest absolute Gasteiger partial charge is 0.543 e. The third kappa shape index (κ3) is 7.13. The van der Waals surface area contributed by atoms with Crippen molar-refractivity contribution in [2.45, 2.75) is 44.6 Å². The summed E-state index contributed by atoms with van der Waals surface area (Å²) in [5, 5.41) is 1.96. The van der Waals surface area contributed by atoms with Crippen molar-refractivity contribution in [1.82, 2.24) is 5.32 Å². The van der Waals surface area contributed by atoms with Crippen molar-refractivity contribution in [2.24, 2.45) is 11.5 Å². The summed E-state index contributed by atoms with van der Waals surface area (Å²) in [6, 6.07) is -1.31. The Hall–Kier alpha value is -1.57. The van der Waals surface area contributed by atoms with E-state index in [0.717, 1.165) is 0 Å². The fraction of sp³-hybridized carbons (Fsp3) is 0.700. The molecule has 10 heteroatoms. The maximum atomic E-state index is 11.7. The molecule has 2 unspecified atom stereocenters. The summed E-state index contributed by atoms with van der Waals surface area (Å²) in [6.07, 6.45) is -0.449. The molecule has 0 aliphatic rings. The van der Waals surface area contributed by atoms with Crippen molar-refractivity contribution in [3.05, 3.63) is 0 Å². The van der Waals surface area contributed by atoms with E-state index in [-0.39, 0.29) is 0 Å². The fourth-order valence-electron chi connectivity index (χ4n) is 1.11. The second-order valence-corrected chi connectivity index (χ2v) is 6.15. The molecule has 0 bridgehead atoms. The zero-order chi connectivity index (χ0) is 16.1. The highest BCUT2D eigenvalue weighted by atomic mass is 31.1. The maximum Gasteiger partial charge on any atom is 0.543 e. The van der Waals surface area contributed by atoms with E-state index in [2.05, 4.69) is 0 Å².